The number of nitrogens with one attached hydrogen (secondary N) is 1. The van der Waals surface area contributed by atoms with Gasteiger partial charge in [0.1, 0.15) is 0 Å². The molecule has 3 nitrogen and oxygen atoms in total. The van der Waals surface area contributed by atoms with Crippen molar-refractivity contribution in [3.05, 3.63) is 12.7 Å². The lowest BCUT2D eigenvalue weighted by molar-refractivity contribution is 0.395. The van der Waals surface area contributed by atoms with Gasteiger partial charge in [-0.15, -0.1) is 6.58 Å². The van der Waals surface area contributed by atoms with Crippen LogP contribution >= 0.6 is 0 Å². The van der Waals surface area contributed by atoms with Crippen molar-refractivity contribution < 1.29 is 8.42 Å². The molecule has 2 unspecified atom stereocenters. The maximum Gasteiger partial charge on any atom is 0.150 e. The van der Waals surface area contributed by atoms with Crippen LogP contribution in [0.1, 0.15) is 32.6 Å². The standard InChI is InChI=1S/C12H23NO2S/c1-3-5-6-12(13-4-2)9-11-7-8-16(14,15)10-11/h3,11-13H,1,4-10H2,2H3. The molecule has 4 heteroatoms. The summed E-state index contributed by atoms with van der Waals surface area (Å²) < 4.78 is 22.7. The molecule has 1 aliphatic heterocycles. The zero-order valence-corrected chi connectivity index (χ0v) is 10.9. The molecule has 0 aromatic heterocycles. The highest BCUT2D eigenvalue weighted by atomic mass is 32.2. The first-order valence-corrected chi connectivity index (χ1v) is 7.94. The summed E-state index contributed by atoms with van der Waals surface area (Å²) in [5, 5.41) is 3.43. The topological polar surface area (TPSA) is 46.2 Å². The van der Waals surface area contributed by atoms with Crippen LogP contribution in [0, 0.1) is 5.92 Å². The highest BCUT2D eigenvalue weighted by Crippen LogP contribution is 2.24. The SMILES string of the molecule is C=CCCC(CC1CCS(=O)(=O)C1)NCC. The molecule has 1 heterocycles. The predicted molar refractivity (Wildman–Crippen MR) is 68.3 cm³/mol. The molecular formula is C12H23NO2S. The second kappa shape index (κ2) is 6.40. The van der Waals surface area contributed by atoms with E-state index >= 15 is 0 Å². The van der Waals surface area contributed by atoms with E-state index in [9.17, 15) is 8.42 Å². The Morgan fingerprint density at radius 1 is 1.56 bits per heavy atom. The molecule has 94 valence electrons. The summed E-state index contributed by atoms with van der Waals surface area (Å²) in [5.41, 5.74) is 0. The molecule has 0 aliphatic carbocycles. The fraction of sp³-hybridized carbons (Fsp3) is 0.833. The molecule has 1 aliphatic rings. The first-order valence-electron chi connectivity index (χ1n) is 6.12. The zero-order chi connectivity index (χ0) is 12.0. The molecule has 1 saturated heterocycles. The van der Waals surface area contributed by atoms with Crippen LogP contribution in [-0.4, -0.2) is 32.5 Å². The van der Waals surface area contributed by atoms with E-state index in [4.69, 9.17) is 0 Å². The Morgan fingerprint density at radius 3 is 2.81 bits per heavy atom. The minimum absolute atomic E-state index is 0.360. The summed E-state index contributed by atoms with van der Waals surface area (Å²) in [6.07, 6.45) is 5.82. The van der Waals surface area contributed by atoms with Gasteiger partial charge < -0.3 is 5.32 Å². The maximum atomic E-state index is 11.4. The molecule has 0 saturated carbocycles. The lowest BCUT2D eigenvalue weighted by Gasteiger charge is -2.20. The van der Waals surface area contributed by atoms with E-state index in [1.807, 2.05) is 6.08 Å². The molecule has 16 heavy (non-hydrogen) atoms. The van der Waals surface area contributed by atoms with E-state index in [1.165, 1.54) is 0 Å². The van der Waals surface area contributed by atoms with Gasteiger partial charge in [-0.05, 0) is 38.1 Å². The lowest BCUT2D eigenvalue weighted by Crippen LogP contribution is -2.31. The van der Waals surface area contributed by atoms with Gasteiger partial charge in [-0.1, -0.05) is 13.0 Å². The van der Waals surface area contributed by atoms with E-state index in [0.29, 0.717) is 23.5 Å². The van der Waals surface area contributed by atoms with Crippen LogP contribution in [0.25, 0.3) is 0 Å². The van der Waals surface area contributed by atoms with Gasteiger partial charge in [-0.25, -0.2) is 8.42 Å². The molecule has 0 aromatic carbocycles. The van der Waals surface area contributed by atoms with Gasteiger partial charge in [0.25, 0.3) is 0 Å². The van der Waals surface area contributed by atoms with Crippen molar-refractivity contribution in [2.75, 3.05) is 18.1 Å². The lowest BCUT2D eigenvalue weighted by atomic mass is 9.96. The first kappa shape index (κ1) is 13.7. The van der Waals surface area contributed by atoms with Gasteiger partial charge in [-0.3, -0.25) is 0 Å². The third-order valence-electron chi connectivity index (χ3n) is 3.16. The highest BCUT2D eigenvalue weighted by Gasteiger charge is 2.29. The summed E-state index contributed by atoms with van der Waals surface area (Å²) in [7, 11) is -2.72. The Labute approximate surface area is 99.2 Å². The average molecular weight is 245 g/mol. The summed E-state index contributed by atoms with van der Waals surface area (Å²) in [6.45, 7) is 6.76. The Hall–Kier alpha value is -0.350. The Kier molecular flexibility index (Phi) is 5.49. The van der Waals surface area contributed by atoms with Gasteiger partial charge in [0.15, 0.2) is 9.84 Å². The van der Waals surface area contributed by atoms with Crippen LogP contribution < -0.4 is 5.32 Å². The van der Waals surface area contributed by atoms with E-state index in [-0.39, 0.29) is 0 Å². The van der Waals surface area contributed by atoms with Crippen molar-refractivity contribution >= 4 is 9.84 Å². The van der Waals surface area contributed by atoms with Gasteiger partial charge in [0.05, 0.1) is 11.5 Å². The molecule has 1 N–H and O–H groups in total. The fourth-order valence-corrected chi connectivity index (χ4v) is 4.25. The molecule has 2 atom stereocenters. The van der Waals surface area contributed by atoms with Gasteiger partial charge in [-0.2, -0.15) is 0 Å². The largest absolute Gasteiger partial charge is 0.314 e. The second-order valence-corrected chi connectivity index (χ2v) is 6.85. The van der Waals surface area contributed by atoms with E-state index in [0.717, 1.165) is 32.2 Å². The molecule has 1 fully saturated rings. The summed E-state index contributed by atoms with van der Waals surface area (Å²) in [5.74, 6) is 1.14. The Balaban J connectivity index is 2.39. The Bertz CT molecular complexity index is 311. The van der Waals surface area contributed by atoms with Crippen molar-refractivity contribution in [3.63, 3.8) is 0 Å². The van der Waals surface area contributed by atoms with Crippen LogP contribution in [0.15, 0.2) is 12.7 Å². The van der Waals surface area contributed by atoms with Gasteiger partial charge >= 0.3 is 0 Å². The van der Waals surface area contributed by atoms with Gasteiger partial charge in [0.2, 0.25) is 0 Å². The molecule has 0 spiro atoms. The molecule has 0 amide bonds. The molecule has 0 radical (unpaired) electrons. The van der Waals surface area contributed by atoms with E-state index in [2.05, 4.69) is 18.8 Å². The number of sulfone groups is 1. The van der Waals surface area contributed by atoms with Crippen molar-refractivity contribution in [2.24, 2.45) is 5.92 Å². The number of hydrogen-bond acceptors (Lipinski definition) is 3. The fourth-order valence-electron chi connectivity index (χ4n) is 2.37. The van der Waals surface area contributed by atoms with Crippen LogP contribution in [0.5, 0.6) is 0 Å². The van der Waals surface area contributed by atoms with Crippen LogP contribution in [-0.2, 0) is 9.84 Å². The van der Waals surface area contributed by atoms with Crippen molar-refractivity contribution in [1.82, 2.24) is 5.32 Å². The van der Waals surface area contributed by atoms with Crippen molar-refractivity contribution in [2.45, 2.75) is 38.6 Å². The predicted octanol–water partition coefficient (Wildman–Crippen LogP) is 1.76. The van der Waals surface area contributed by atoms with Crippen LogP contribution in [0.3, 0.4) is 0 Å². The maximum absolute atomic E-state index is 11.4. The molecule has 0 aromatic rings. The smallest absolute Gasteiger partial charge is 0.150 e. The number of rotatable bonds is 7. The number of hydrogen-bond donors (Lipinski definition) is 1. The third kappa shape index (κ3) is 4.66. The van der Waals surface area contributed by atoms with E-state index in [1.54, 1.807) is 0 Å². The number of allylic oxidation sites excluding steroid dienone is 1. The van der Waals surface area contributed by atoms with E-state index < -0.39 is 9.84 Å². The van der Waals surface area contributed by atoms with Crippen molar-refractivity contribution in [3.8, 4) is 0 Å². The summed E-state index contributed by atoms with van der Waals surface area (Å²) >= 11 is 0. The van der Waals surface area contributed by atoms with Crippen molar-refractivity contribution in [1.29, 1.82) is 0 Å². The average Bonchev–Trinajstić information content (AvgIpc) is 2.55. The summed E-state index contributed by atoms with van der Waals surface area (Å²) in [6, 6.07) is 0.446. The molecular weight excluding hydrogens is 222 g/mol. The second-order valence-electron chi connectivity index (χ2n) is 4.63. The zero-order valence-electron chi connectivity index (χ0n) is 10.1. The Morgan fingerprint density at radius 2 is 2.31 bits per heavy atom. The summed E-state index contributed by atoms with van der Waals surface area (Å²) in [4.78, 5) is 0. The van der Waals surface area contributed by atoms with Gasteiger partial charge in [0, 0.05) is 6.04 Å². The highest BCUT2D eigenvalue weighted by molar-refractivity contribution is 7.91. The van der Waals surface area contributed by atoms with Crippen LogP contribution in [0.4, 0.5) is 0 Å². The minimum atomic E-state index is -2.72. The van der Waals surface area contributed by atoms with Crippen LogP contribution in [0.2, 0.25) is 0 Å². The molecule has 1 rings (SSSR count). The normalized spacial score (nSPS) is 25.4. The monoisotopic (exact) mass is 245 g/mol. The quantitative estimate of drug-likeness (QED) is 0.695. The molecule has 0 bridgehead atoms. The third-order valence-corrected chi connectivity index (χ3v) is 4.99. The minimum Gasteiger partial charge on any atom is -0.314 e. The first-order chi connectivity index (χ1) is 7.57.